The predicted molar refractivity (Wildman–Crippen MR) is 118 cm³/mol. The number of fused-ring (bicyclic) bond motifs is 1. The zero-order valence-electron chi connectivity index (χ0n) is 17.4. The first-order chi connectivity index (χ1) is 14.2. The van der Waals surface area contributed by atoms with Gasteiger partial charge in [-0.2, -0.15) is 0 Å². The number of ether oxygens (including phenoxy) is 1. The van der Waals surface area contributed by atoms with Gasteiger partial charge in [-0.25, -0.2) is 4.99 Å². The molecule has 156 valence electrons. The van der Waals surface area contributed by atoms with Gasteiger partial charge in [-0.05, 0) is 35.8 Å². The molecule has 6 nitrogen and oxygen atoms in total. The minimum Gasteiger partial charge on any atom is -0.496 e. The zero-order chi connectivity index (χ0) is 20.6. The number of benzene rings is 1. The molecule has 0 saturated carbocycles. The second-order valence-corrected chi connectivity index (χ2v) is 7.38. The van der Waals surface area contributed by atoms with Crippen molar-refractivity contribution in [3.8, 4) is 5.75 Å². The van der Waals surface area contributed by atoms with Gasteiger partial charge in [0.05, 0.1) is 25.6 Å². The second-order valence-electron chi connectivity index (χ2n) is 7.38. The van der Waals surface area contributed by atoms with Crippen LogP contribution in [0.1, 0.15) is 50.2 Å². The number of methoxy groups -OCH3 is 1. The Morgan fingerprint density at radius 1 is 1.28 bits per heavy atom. The van der Waals surface area contributed by atoms with E-state index in [2.05, 4.69) is 35.1 Å². The largest absolute Gasteiger partial charge is 0.496 e. The summed E-state index contributed by atoms with van der Waals surface area (Å²) in [6, 6.07) is 7.96. The number of aliphatic imine (C=N–C) groups is 1. The zero-order valence-corrected chi connectivity index (χ0v) is 17.4. The molecular weight excluding hydrogens is 364 g/mol. The molecule has 1 aliphatic rings. The number of unbranched alkanes of at least 4 members (excludes halogenated alkanes) is 2. The van der Waals surface area contributed by atoms with E-state index in [0.29, 0.717) is 12.4 Å². The van der Waals surface area contributed by atoms with E-state index in [9.17, 15) is 5.11 Å². The predicted octanol–water partition coefficient (Wildman–Crippen LogP) is 1.81. The van der Waals surface area contributed by atoms with Crippen molar-refractivity contribution in [1.82, 2.24) is 9.88 Å². The summed E-state index contributed by atoms with van der Waals surface area (Å²) in [5.74, 6) is 2.26. The molecule has 1 aromatic heterocycles. The number of hydrogen-bond acceptors (Lipinski definition) is 5. The Labute approximate surface area is 172 Å². The molecular formula is C23H32N4O2. The third kappa shape index (κ3) is 5.21. The monoisotopic (exact) mass is 396 g/mol. The Bertz CT molecular complexity index is 975. The molecule has 2 heterocycles. The van der Waals surface area contributed by atoms with E-state index in [0.717, 1.165) is 53.9 Å². The van der Waals surface area contributed by atoms with Crippen molar-refractivity contribution in [2.24, 2.45) is 10.7 Å². The van der Waals surface area contributed by atoms with Gasteiger partial charge in [0.25, 0.3) is 0 Å². The van der Waals surface area contributed by atoms with Crippen LogP contribution in [0.15, 0.2) is 35.5 Å². The van der Waals surface area contributed by atoms with Crippen LogP contribution in [0, 0.1) is 0 Å². The van der Waals surface area contributed by atoms with Gasteiger partial charge in [0.1, 0.15) is 11.6 Å². The SMILES string of the molecule is CCCCCNC1=c2/c(ccn2Cc2ccc(CO)cc2OC)=C\CC/C(N)=N\1. The summed E-state index contributed by atoms with van der Waals surface area (Å²) in [5.41, 5.74) is 8.03. The Hall–Kier alpha value is -2.73. The fraction of sp³-hybridized carbons (Fsp3) is 0.435. The van der Waals surface area contributed by atoms with Gasteiger partial charge < -0.3 is 25.5 Å². The Kier molecular flexibility index (Phi) is 7.36. The first-order valence-electron chi connectivity index (χ1n) is 10.4. The second kappa shape index (κ2) is 10.2. The summed E-state index contributed by atoms with van der Waals surface area (Å²) >= 11 is 0. The molecule has 0 amide bonds. The van der Waals surface area contributed by atoms with Gasteiger partial charge in [-0.1, -0.05) is 38.0 Å². The van der Waals surface area contributed by atoms with Crippen LogP contribution in [0.4, 0.5) is 0 Å². The average molecular weight is 397 g/mol. The van der Waals surface area contributed by atoms with Gasteiger partial charge in [-0.3, -0.25) is 0 Å². The molecule has 29 heavy (non-hydrogen) atoms. The number of rotatable bonds is 9. The fourth-order valence-electron chi connectivity index (χ4n) is 3.59. The highest BCUT2D eigenvalue weighted by Gasteiger charge is 2.11. The lowest BCUT2D eigenvalue weighted by atomic mass is 10.1. The molecule has 3 rings (SSSR count). The summed E-state index contributed by atoms with van der Waals surface area (Å²) in [4.78, 5) is 4.71. The van der Waals surface area contributed by atoms with Crippen molar-refractivity contribution < 1.29 is 9.84 Å². The van der Waals surface area contributed by atoms with Crippen molar-refractivity contribution >= 4 is 17.7 Å². The number of nitrogens with two attached hydrogens (primary N) is 1. The summed E-state index contributed by atoms with van der Waals surface area (Å²) in [6.45, 7) is 3.72. The highest BCUT2D eigenvalue weighted by molar-refractivity contribution is 5.84. The van der Waals surface area contributed by atoms with Gasteiger partial charge in [-0.15, -0.1) is 0 Å². The van der Waals surface area contributed by atoms with E-state index < -0.39 is 0 Å². The van der Waals surface area contributed by atoms with Crippen LogP contribution in [0.25, 0.3) is 11.9 Å². The number of hydrogen-bond donors (Lipinski definition) is 3. The molecule has 4 N–H and O–H groups in total. The molecule has 6 heteroatoms. The molecule has 0 atom stereocenters. The summed E-state index contributed by atoms with van der Waals surface area (Å²) in [6.07, 6.45) is 9.44. The third-order valence-electron chi connectivity index (χ3n) is 5.19. The lowest BCUT2D eigenvalue weighted by Gasteiger charge is -2.14. The average Bonchev–Trinajstić information content (AvgIpc) is 3.11. The van der Waals surface area contributed by atoms with Crippen LogP contribution in [-0.2, 0) is 13.2 Å². The number of nitrogens with one attached hydrogen (secondary N) is 1. The van der Waals surface area contributed by atoms with Gasteiger partial charge >= 0.3 is 0 Å². The minimum atomic E-state index is -0.00187. The topological polar surface area (TPSA) is 84.8 Å². The summed E-state index contributed by atoms with van der Waals surface area (Å²) in [7, 11) is 1.66. The van der Waals surface area contributed by atoms with Gasteiger partial charge in [0.2, 0.25) is 0 Å². The lowest BCUT2D eigenvalue weighted by Crippen LogP contribution is -2.37. The molecule has 0 unspecified atom stereocenters. The molecule has 0 saturated heterocycles. The standard InChI is InChI=1S/C23H32N4O2/c1-3-4-5-12-25-23-22-18(7-6-8-21(24)26-23)11-13-27(22)15-19-10-9-17(16-28)14-20(19)29-2/h7,9-11,13-14,25,28H,3-6,8,12,15-16H2,1-2H3,(H2,24,26)/b18-7-,23-22+. The van der Waals surface area contributed by atoms with E-state index in [1.54, 1.807) is 7.11 Å². The van der Waals surface area contributed by atoms with Crippen molar-refractivity contribution in [3.05, 3.63) is 52.2 Å². The molecule has 1 aliphatic heterocycles. The van der Waals surface area contributed by atoms with Crippen molar-refractivity contribution in [1.29, 1.82) is 0 Å². The van der Waals surface area contributed by atoms with Crippen LogP contribution in [0.3, 0.4) is 0 Å². The first-order valence-corrected chi connectivity index (χ1v) is 10.4. The molecule has 0 aliphatic carbocycles. The number of amidine groups is 1. The molecule has 2 aromatic rings. The van der Waals surface area contributed by atoms with E-state index in [1.807, 2.05) is 18.2 Å². The van der Waals surface area contributed by atoms with Gasteiger partial charge in [0, 0.05) is 24.7 Å². The molecule has 1 aromatic carbocycles. The Morgan fingerprint density at radius 3 is 2.90 bits per heavy atom. The Morgan fingerprint density at radius 2 is 2.14 bits per heavy atom. The Balaban J connectivity index is 2.03. The van der Waals surface area contributed by atoms with Crippen LogP contribution >= 0.6 is 0 Å². The maximum atomic E-state index is 9.40. The van der Waals surface area contributed by atoms with Crippen LogP contribution in [0.5, 0.6) is 5.75 Å². The van der Waals surface area contributed by atoms with E-state index in [4.69, 9.17) is 15.5 Å². The molecule has 0 radical (unpaired) electrons. The number of aliphatic hydroxyl groups excluding tert-OH is 1. The van der Waals surface area contributed by atoms with E-state index in [1.165, 1.54) is 18.1 Å². The van der Waals surface area contributed by atoms with Crippen molar-refractivity contribution in [2.45, 2.75) is 52.2 Å². The highest BCUT2D eigenvalue weighted by atomic mass is 16.5. The molecule has 0 bridgehead atoms. The number of aromatic nitrogens is 1. The van der Waals surface area contributed by atoms with Crippen molar-refractivity contribution in [2.75, 3.05) is 13.7 Å². The quantitative estimate of drug-likeness (QED) is 0.565. The van der Waals surface area contributed by atoms with E-state index >= 15 is 0 Å². The molecule has 0 spiro atoms. The van der Waals surface area contributed by atoms with Crippen LogP contribution in [0.2, 0.25) is 0 Å². The number of nitrogens with zero attached hydrogens (tertiary/aromatic N) is 2. The number of aliphatic hydroxyl groups is 1. The smallest absolute Gasteiger partial charge is 0.152 e. The van der Waals surface area contributed by atoms with Crippen LogP contribution in [-0.4, -0.2) is 29.2 Å². The first kappa shape index (κ1) is 21.0. The summed E-state index contributed by atoms with van der Waals surface area (Å²) in [5, 5.41) is 15.1. The minimum absolute atomic E-state index is 0.00187. The lowest BCUT2D eigenvalue weighted by molar-refractivity contribution is 0.281. The van der Waals surface area contributed by atoms with Crippen molar-refractivity contribution in [3.63, 3.8) is 0 Å². The van der Waals surface area contributed by atoms with E-state index in [-0.39, 0.29) is 6.61 Å². The normalized spacial score (nSPS) is 18.6. The maximum Gasteiger partial charge on any atom is 0.152 e. The highest BCUT2D eigenvalue weighted by Crippen LogP contribution is 2.21. The third-order valence-corrected chi connectivity index (χ3v) is 5.19. The molecule has 0 fully saturated rings. The maximum absolute atomic E-state index is 9.40. The van der Waals surface area contributed by atoms with Gasteiger partial charge in [0.15, 0.2) is 5.82 Å². The fourth-order valence-corrected chi connectivity index (χ4v) is 3.59. The summed E-state index contributed by atoms with van der Waals surface area (Å²) < 4.78 is 7.75. The van der Waals surface area contributed by atoms with Crippen LogP contribution < -0.4 is 26.4 Å².